The van der Waals surface area contributed by atoms with Gasteiger partial charge < -0.3 is 14.2 Å². The molecule has 0 aliphatic carbocycles. The van der Waals surface area contributed by atoms with E-state index in [1.165, 1.54) is 19.8 Å². The molecule has 182 valence electrons. The molecule has 2 aromatic rings. The number of phenols is 1. The molecular formula is C28H41O4P. The Morgan fingerprint density at radius 2 is 1.21 bits per heavy atom. The molecule has 1 N–H and O–H groups in total. The predicted octanol–water partition coefficient (Wildman–Crippen LogP) is 8.27. The minimum Gasteiger partial charge on any atom is -0.507 e. The van der Waals surface area contributed by atoms with Crippen molar-refractivity contribution in [3.63, 3.8) is 0 Å². The van der Waals surface area contributed by atoms with Gasteiger partial charge in [0.25, 0.3) is 0 Å². The highest BCUT2D eigenvalue weighted by molar-refractivity contribution is 7.65. The maximum absolute atomic E-state index is 13.7. The van der Waals surface area contributed by atoms with E-state index in [2.05, 4.69) is 74.4 Å². The van der Waals surface area contributed by atoms with E-state index in [1.807, 2.05) is 30.3 Å². The number of hydrogen-bond acceptors (Lipinski definition) is 4. The quantitative estimate of drug-likeness (QED) is 0.351. The molecule has 0 saturated heterocycles. The van der Waals surface area contributed by atoms with Crippen LogP contribution in [-0.4, -0.2) is 19.3 Å². The Morgan fingerprint density at radius 3 is 1.55 bits per heavy atom. The molecule has 2 aromatic carbocycles. The fraction of sp³-hybridized carbons (Fsp3) is 0.500. The molecule has 0 heterocycles. The van der Waals surface area contributed by atoms with Crippen LogP contribution in [0.5, 0.6) is 5.75 Å². The van der Waals surface area contributed by atoms with Crippen molar-refractivity contribution in [1.82, 2.24) is 0 Å². The summed E-state index contributed by atoms with van der Waals surface area (Å²) < 4.78 is 24.6. The lowest BCUT2D eigenvalue weighted by atomic mass is 9.78. The maximum Gasteiger partial charge on any atom is 0.361 e. The largest absolute Gasteiger partial charge is 0.507 e. The van der Waals surface area contributed by atoms with Gasteiger partial charge in [-0.1, -0.05) is 86.6 Å². The number of hydrogen-bond donors (Lipinski definition) is 1. The zero-order valence-electron chi connectivity index (χ0n) is 22.2. The summed E-state index contributed by atoms with van der Waals surface area (Å²) in [5.74, 6) is 0.275. The molecule has 5 heteroatoms. The molecule has 4 nitrogen and oxygen atoms in total. The topological polar surface area (TPSA) is 55.8 Å². The SMILES string of the molecule is COP(=O)(OC)/C(=C/c1ccc(C(C)(C)C)cc1)c1cc(C(C)(C)C)c(O)c(C(C)(C)C)c1. The molecule has 0 aliphatic rings. The Kier molecular flexibility index (Phi) is 7.80. The molecule has 0 fully saturated rings. The summed E-state index contributed by atoms with van der Waals surface area (Å²) in [7, 11) is -0.804. The molecule has 0 aliphatic heterocycles. The summed E-state index contributed by atoms with van der Waals surface area (Å²) >= 11 is 0. The molecule has 0 amide bonds. The van der Waals surface area contributed by atoms with Crippen molar-refractivity contribution in [2.24, 2.45) is 0 Å². The zero-order chi connectivity index (χ0) is 25.4. The second kappa shape index (κ2) is 9.41. The smallest absolute Gasteiger partial charge is 0.361 e. The molecule has 0 atom stereocenters. The van der Waals surface area contributed by atoms with E-state index in [9.17, 15) is 9.67 Å². The highest BCUT2D eigenvalue weighted by Crippen LogP contribution is 2.61. The van der Waals surface area contributed by atoms with Crippen molar-refractivity contribution in [2.45, 2.75) is 78.6 Å². The van der Waals surface area contributed by atoms with E-state index in [1.54, 1.807) is 0 Å². The predicted molar refractivity (Wildman–Crippen MR) is 140 cm³/mol. The van der Waals surface area contributed by atoms with Gasteiger partial charge in [-0.2, -0.15) is 0 Å². The van der Waals surface area contributed by atoms with Gasteiger partial charge in [0.2, 0.25) is 0 Å². The van der Waals surface area contributed by atoms with Crippen molar-refractivity contribution in [3.05, 3.63) is 64.2 Å². The van der Waals surface area contributed by atoms with Gasteiger partial charge in [0.1, 0.15) is 5.75 Å². The molecule has 33 heavy (non-hydrogen) atoms. The Bertz CT molecular complexity index is 1020. The van der Waals surface area contributed by atoms with Crippen molar-refractivity contribution in [3.8, 4) is 5.75 Å². The first-order valence-corrected chi connectivity index (χ1v) is 12.9. The minimum atomic E-state index is -3.60. The molecule has 0 saturated carbocycles. The molecule has 0 aromatic heterocycles. The van der Waals surface area contributed by atoms with Crippen molar-refractivity contribution >= 4 is 19.0 Å². The molecule has 0 spiro atoms. The van der Waals surface area contributed by atoms with Crippen molar-refractivity contribution in [2.75, 3.05) is 14.2 Å². The Balaban J connectivity index is 2.87. The highest BCUT2D eigenvalue weighted by atomic mass is 31.2. The lowest BCUT2D eigenvalue weighted by Crippen LogP contribution is -2.18. The van der Waals surface area contributed by atoms with E-state index in [0.29, 0.717) is 5.31 Å². The Labute approximate surface area is 200 Å². The third-order valence-corrected chi connectivity index (χ3v) is 7.82. The van der Waals surface area contributed by atoms with Crippen molar-refractivity contribution < 1.29 is 18.7 Å². The van der Waals surface area contributed by atoms with Crippen LogP contribution in [0.25, 0.3) is 11.4 Å². The first-order chi connectivity index (χ1) is 14.9. The second-order valence-electron chi connectivity index (χ2n) is 11.7. The first-order valence-electron chi connectivity index (χ1n) is 11.4. The standard InChI is InChI=1S/C28H41O4P/c1-26(2,3)21-14-12-19(13-15-21)16-24(33(30,31-10)32-11)20-17-22(27(4,5)6)25(29)23(18-20)28(7,8)9/h12-18,29H,1-11H3/b24-16+. The molecule has 2 rings (SSSR count). The minimum absolute atomic E-state index is 0.0413. The van der Waals surface area contributed by atoms with Crippen molar-refractivity contribution in [1.29, 1.82) is 0 Å². The van der Waals surface area contributed by atoms with Gasteiger partial charge in [-0.25, -0.2) is 0 Å². The highest BCUT2D eigenvalue weighted by Gasteiger charge is 2.33. The second-order valence-corrected chi connectivity index (χ2v) is 13.9. The summed E-state index contributed by atoms with van der Waals surface area (Å²) in [5, 5.41) is 11.6. The van der Waals surface area contributed by atoms with Crippen LogP contribution in [-0.2, 0) is 29.9 Å². The average molecular weight is 473 g/mol. The monoisotopic (exact) mass is 472 g/mol. The van der Waals surface area contributed by atoms with Gasteiger partial charge in [-0.05, 0) is 51.1 Å². The van der Waals surface area contributed by atoms with E-state index in [0.717, 1.165) is 22.3 Å². The Morgan fingerprint density at radius 1 is 0.788 bits per heavy atom. The summed E-state index contributed by atoms with van der Waals surface area (Å²) in [4.78, 5) is 0. The molecular weight excluding hydrogens is 431 g/mol. The normalized spacial score (nSPS) is 14.0. The summed E-state index contributed by atoms with van der Waals surface area (Å²) in [6.07, 6.45) is 1.87. The third-order valence-electron chi connectivity index (χ3n) is 5.88. The van der Waals surface area contributed by atoms with Gasteiger partial charge in [0, 0.05) is 25.3 Å². The van der Waals surface area contributed by atoms with Crippen LogP contribution >= 0.6 is 7.60 Å². The number of aromatic hydroxyl groups is 1. The van der Waals surface area contributed by atoms with E-state index < -0.39 is 7.60 Å². The summed E-state index contributed by atoms with van der Waals surface area (Å²) in [6.45, 7) is 18.8. The third kappa shape index (κ3) is 6.18. The first kappa shape index (κ1) is 27.4. The fourth-order valence-corrected chi connectivity index (χ4v) is 5.05. The van der Waals surface area contributed by atoms with Crippen LogP contribution in [0.4, 0.5) is 0 Å². The summed E-state index contributed by atoms with van der Waals surface area (Å²) in [6, 6.07) is 12.0. The molecule has 0 radical (unpaired) electrons. The summed E-state index contributed by atoms with van der Waals surface area (Å²) in [5.41, 5.74) is 3.82. The zero-order valence-corrected chi connectivity index (χ0v) is 23.1. The van der Waals surface area contributed by atoms with E-state index in [-0.39, 0.29) is 22.0 Å². The van der Waals surface area contributed by atoms with Gasteiger partial charge in [-0.3, -0.25) is 4.57 Å². The van der Waals surface area contributed by atoms with Crippen LogP contribution in [0.15, 0.2) is 36.4 Å². The number of rotatable bonds is 5. The van der Waals surface area contributed by atoms with E-state index in [4.69, 9.17) is 9.05 Å². The van der Waals surface area contributed by atoms with Crippen LogP contribution < -0.4 is 0 Å². The van der Waals surface area contributed by atoms with Gasteiger partial charge >= 0.3 is 7.60 Å². The lowest BCUT2D eigenvalue weighted by molar-refractivity contribution is 0.288. The maximum atomic E-state index is 13.7. The molecule has 0 unspecified atom stereocenters. The fourth-order valence-electron chi connectivity index (χ4n) is 3.75. The number of phenolic OH excluding ortho intramolecular Hbond substituents is 1. The van der Waals surface area contributed by atoms with Crippen LogP contribution in [0.3, 0.4) is 0 Å². The van der Waals surface area contributed by atoms with Crippen LogP contribution in [0.1, 0.15) is 90.1 Å². The van der Waals surface area contributed by atoms with Gasteiger partial charge in [0.05, 0.1) is 5.31 Å². The van der Waals surface area contributed by atoms with Crippen LogP contribution in [0.2, 0.25) is 0 Å². The van der Waals surface area contributed by atoms with Gasteiger partial charge in [0.15, 0.2) is 0 Å². The number of benzene rings is 2. The van der Waals surface area contributed by atoms with E-state index >= 15 is 0 Å². The Hall–Kier alpha value is -1.87. The average Bonchev–Trinajstić information content (AvgIpc) is 2.69. The lowest BCUT2D eigenvalue weighted by Gasteiger charge is -2.29. The van der Waals surface area contributed by atoms with Gasteiger partial charge in [-0.15, -0.1) is 0 Å². The molecule has 0 bridgehead atoms. The van der Waals surface area contributed by atoms with Crippen LogP contribution in [0, 0.1) is 0 Å².